The molecule has 1 fully saturated rings. The van der Waals surface area contributed by atoms with E-state index in [1.165, 1.54) is 31.2 Å². The van der Waals surface area contributed by atoms with Gasteiger partial charge >= 0.3 is 0 Å². The van der Waals surface area contributed by atoms with Gasteiger partial charge in [-0.05, 0) is 31.7 Å². The van der Waals surface area contributed by atoms with E-state index in [2.05, 4.69) is 44.9 Å². The number of aryl methyl sites for hydroxylation is 1. The lowest BCUT2D eigenvalue weighted by Gasteiger charge is -2.14. The zero-order valence-corrected chi connectivity index (χ0v) is 13.2. The van der Waals surface area contributed by atoms with Gasteiger partial charge in [-0.1, -0.05) is 43.2 Å². The third-order valence-corrected chi connectivity index (χ3v) is 4.11. The first-order valence-electron chi connectivity index (χ1n) is 8.19. The lowest BCUT2D eigenvalue weighted by Crippen LogP contribution is -2.17. The molecule has 0 bridgehead atoms. The van der Waals surface area contributed by atoms with Crippen molar-refractivity contribution >= 4 is 11.8 Å². The summed E-state index contributed by atoms with van der Waals surface area (Å²) in [5.41, 5.74) is 2.34. The van der Waals surface area contributed by atoms with Crippen molar-refractivity contribution in [1.29, 1.82) is 0 Å². The third-order valence-electron chi connectivity index (χ3n) is 4.11. The Labute approximate surface area is 132 Å². The van der Waals surface area contributed by atoms with Crippen LogP contribution in [0.1, 0.15) is 36.9 Å². The lowest BCUT2D eigenvalue weighted by atomic mass is 10.1. The molecule has 116 valence electrons. The van der Waals surface area contributed by atoms with E-state index < -0.39 is 0 Å². The second-order valence-corrected chi connectivity index (χ2v) is 6.01. The molecular weight excluding hydrogens is 272 g/mol. The Bertz CT molecular complexity index is 591. The molecule has 0 unspecified atom stereocenters. The maximum atomic E-state index is 4.59. The summed E-state index contributed by atoms with van der Waals surface area (Å²) in [4.78, 5) is 9.10. The second-order valence-electron chi connectivity index (χ2n) is 6.01. The summed E-state index contributed by atoms with van der Waals surface area (Å²) < 4.78 is 0. The zero-order valence-electron chi connectivity index (χ0n) is 13.2. The van der Waals surface area contributed by atoms with Crippen LogP contribution < -0.4 is 10.6 Å². The van der Waals surface area contributed by atoms with Gasteiger partial charge in [0.1, 0.15) is 5.82 Å². The smallest absolute Gasteiger partial charge is 0.225 e. The summed E-state index contributed by atoms with van der Waals surface area (Å²) in [5.74, 6) is 1.66. The maximum Gasteiger partial charge on any atom is 0.225 e. The molecule has 4 nitrogen and oxygen atoms in total. The number of nitrogens with zero attached hydrogens (tertiary/aromatic N) is 2. The average molecular weight is 296 g/mol. The highest BCUT2D eigenvalue weighted by atomic mass is 15.2. The Morgan fingerprint density at radius 2 is 1.86 bits per heavy atom. The lowest BCUT2D eigenvalue weighted by molar-refractivity contribution is 0.743. The van der Waals surface area contributed by atoms with Crippen molar-refractivity contribution in [2.24, 2.45) is 0 Å². The molecule has 0 aliphatic heterocycles. The minimum absolute atomic E-state index is 0.541. The van der Waals surface area contributed by atoms with Crippen LogP contribution in [0.4, 0.5) is 11.8 Å². The molecule has 1 aliphatic carbocycles. The number of hydrogen-bond acceptors (Lipinski definition) is 4. The summed E-state index contributed by atoms with van der Waals surface area (Å²) >= 11 is 0. The van der Waals surface area contributed by atoms with Crippen LogP contribution in [0.25, 0.3) is 0 Å². The molecule has 2 aromatic rings. The molecule has 0 atom stereocenters. The van der Waals surface area contributed by atoms with Gasteiger partial charge in [0.05, 0.1) is 0 Å². The second kappa shape index (κ2) is 7.25. The van der Waals surface area contributed by atoms with Gasteiger partial charge in [-0.15, -0.1) is 0 Å². The molecule has 0 spiro atoms. The first-order chi connectivity index (χ1) is 10.8. The third kappa shape index (κ3) is 4.20. The predicted octanol–water partition coefficient (Wildman–Crippen LogP) is 3.79. The van der Waals surface area contributed by atoms with E-state index in [0.717, 1.165) is 30.4 Å². The molecule has 3 rings (SSSR count). The van der Waals surface area contributed by atoms with Crippen LogP contribution in [0.15, 0.2) is 36.4 Å². The molecule has 22 heavy (non-hydrogen) atoms. The molecule has 1 aromatic heterocycles. The first-order valence-corrected chi connectivity index (χ1v) is 8.19. The van der Waals surface area contributed by atoms with E-state index in [-0.39, 0.29) is 0 Å². The highest BCUT2D eigenvalue weighted by Gasteiger charge is 2.15. The van der Waals surface area contributed by atoms with Crippen molar-refractivity contribution in [3.8, 4) is 0 Å². The van der Waals surface area contributed by atoms with E-state index >= 15 is 0 Å². The molecule has 0 saturated heterocycles. The van der Waals surface area contributed by atoms with Gasteiger partial charge in [0.25, 0.3) is 0 Å². The predicted molar refractivity (Wildman–Crippen MR) is 91.3 cm³/mol. The number of rotatable bonds is 6. The molecular formula is C18H24N4. The standard InChI is InChI=1S/C18H24N4/c1-14-13-17(19-12-11-15-7-3-2-4-8-15)22-18(20-14)21-16-9-5-6-10-16/h2-4,7-8,13,16H,5-6,9-12H2,1H3,(H2,19,20,21,22). The molecule has 1 aliphatic rings. The van der Waals surface area contributed by atoms with Crippen LogP contribution >= 0.6 is 0 Å². The van der Waals surface area contributed by atoms with E-state index in [9.17, 15) is 0 Å². The van der Waals surface area contributed by atoms with Crippen LogP contribution in [0.2, 0.25) is 0 Å². The fourth-order valence-electron chi connectivity index (χ4n) is 2.96. The Morgan fingerprint density at radius 1 is 1.09 bits per heavy atom. The van der Waals surface area contributed by atoms with E-state index in [0.29, 0.717) is 6.04 Å². The van der Waals surface area contributed by atoms with Crippen LogP contribution in [0.3, 0.4) is 0 Å². The largest absolute Gasteiger partial charge is 0.370 e. The Balaban J connectivity index is 1.57. The average Bonchev–Trinajstić information content (AvgIpc) is 3.01. The molecule has 0 radical (unpaired) electrons. The quantitative estimate of drug-likeness (QED) is 0.851. The van der Waals surface area contributed by atoms with E-state index in [1.807, 2.05) is 19.1 Å². The topological polar surface area (TPSA) is 49.8 Å². The van der Waals surface area contributed by atoms with Crippen LogP contribution in [-0.2, 0) is 6.42 Å². The SMILES string of the molecule is Cc1cc(NCCc2ccccc2)nc(NC2CCCC2)n1. The summed E-state index contributed by atoms with van der Waals surface area (Å²) in [6, 6.07) is 13.1. The minimum atomic E-state index is 0.541. The summed E-state index contributed by atoms with van der Waals surface area (Å²) in [6.45, 7) is 2.90. The van der Waals surface area contributed by atoms with E-state index in [1.54, 1.807) is 0 Å². The van der Waals surface area contributed by atoms with E-state index in [4.69, 9.17) is 0 Å². The number of nitrogens with one attached hydrogen (secondary N) is 2. The fourth-order valence-corrected chi connectivity index (χ4v) is 2.96. The van der Waals surface area contributed by atoms with Gasteiger partial charge < -0.3 is 10.6 Å². The van der Waals surface area contributed by atoms with Gasteiger partial charge in [0.2, 0.25) is 5.95 Å². The van der Waals surface area contributed by atoms with Crippen molar-refractivity contribution in [2.75, 3.05) is 17.2 Å². The normalized spacial score (nSPS) is 15.0. The fraction of sp³-hybridized carbons (Fsp3) is 0.444. The van der Waals surface area contributed by atoms with Crippen molar-refractivity contribution in [2.45, 2.75) is 45.1 Å². The molecule has 1 aromatic carbocycles. The van der Waals surface area contributed by atoms with Gasteiger partial charge in [-0.2, -0.15) is 4.98 Å². The number of aromatic nitrogens is 2. The van der Waals surface area contributed by atoms with Gasteiger partial charge in [0, 0.05) is 24.3 Å². The summed E-state index contributed by atoms with van der Waals surface area (Å²) in [7, 11) is 0. The Kier molecular flexibility index (Phi) is 4.88. The van der Waals surface area contributed by atoms with Crippen LogP contribution in [-0.4, -0.2) is 22.6 Å². The Hall–Kier alpha value is -2.10. The summed E-state index contributed by atoms with van der Waals surface area (Å²) in [6.07, 6.45) is 6.08. The minimum Gasteiger partial charge on any atom is -0.370 e. The Morgan fingerprint density at radius 3 is 2.64 bits per heavy atom. The van der Waals surface area contributed by atoms with Gasteiger partial charge in [0.15, 0.2) is 0 Å². The molecule has 0 amide bonds. The summed E-state index contributed by atoms with van der Waals surface area (Å²) in [5, 5.41) is 6.88. The van der Waals surface area contributed by atoms with Crippen molar-refractivity contribution < 1.29 is 0 Å². The van der Waals surface area contributed by atoms with Crippen LogP contribution in [0, 0.1) is 6.92 Å². The molecule has 2 N–H and O–H groups in total. The molecule has 4 heteroatoms. The highest BCUT2D eigenvalue weighted by molar-refractivity contribution is 5.42. The number of anilines is 2. The van der Waals surface area contributed by atoms with Gasteiger partial charge in [-0.25, -0.2) is 4.98 Å². The first kappa shape index (κ1) is 14.8. The van der Waals surface area contributed by atoms with Crippen molar-refractivity contribution in [3.63, 3.8) is 0 Å². The van der Waals surface area contributed by atoms with Crippen LogP contribution in [0.5, 0.6) is 0 Å². The van der Waals surface area contributed by atoms with Gasteiger partial charge in [-0.3, -0.25) is 0 Å². The highest BCUT2D eigenvalue weighted by Crippen LogP contribution is 2.21. The molecule has 1 heterocycles. The number of benzene rings is 1. The van der Waals surface area contributed by atoms with Crippen molar-refractivity contribution in [1.82, 2.24) is 9.97 Å². The van der Waals surface area contributed by atoms with Crippen molar-refractivity contribution in [3.05, 3.63) is 47.7 Å². The zero-order chi connectivity index (χ0) is 15.2. The number of hydrogen-bond donors (Lipinski definition) is 2. The molecule has 1 saturated carbocycles. The maximum absolute atomic E-state index is 4.59. The monoisotopic (exact) mass is 296 g/mol.